The molecule has 0 saturated carbocycles. The summed E-state index contributed by atoms with van der Waals surface area (Å²) in [6.07, 6.45) is 3.44. The summed E-state index contributed by atoms with van der Waals surface area (Å²) >= 11 is 0. The van der Waals surface area contributed by atoms with Crippen molar-refractivity contribution in [2.24, 2.45) is 0 Å². The van der Waals surface area contributed by atoms with Gasteiger partial charge in [-0.2, -0.15) is 0 Å². The Hall–Kier alpha value is -2.11. The maximum atomic E-state index is 13.0. The Morgan fingerprint density at radius 2 is 1.87 bits per heavy atom. The first kappa shape index (κ1) is 18.9. The van der Waals surface area contributed by atoms with Crippen LogP contribution in [0.2, 0.25) is 0 Å². The lowest BCUT2D eigenvalue weighted by Gasteiger charge is -2.23. The second-order valence-electron chi connectivity index (χ2n) is 5.48. The standard InChI is InChI=1S/C17H25FN2O3/c1-2-3-4-12-20(13-14-7-9-15(18)10-8-14)17(23)19-11-5-6-16(21)22/h7-10H,2-6,11-13H2,1H3,(H,19,23)(H,21,22). The molecule has 0 aliphatic heterocycles. The van der Waals surface area contributed by atoms with Gasteiger partial charge in [0, 0.05) is 26.1 Å². The van der Waals surface area contributed by atoms with E-state index in [-0.39, 0.29) is 18.3 Å². The van der Waals surface area contributed by atoms with Crippen LogP contribution in [0.4, 0.5) is 9.18 Å². The van der Waals surface area contributed by atoms with Crippen molar-refractivity contribution in [3.05, 3.63) is 35.6 Å². The van der Waals surface area contributed by atoms with Crippen molar-refractivity contribution in [3.63, 3.8) is 0 Å². The van der Waals surface area contributed by atoms with Gasteiger partial charge in [-0.1, -0.05) is 31.9 Å². The van der Waals surface area contributed by atoms with Crippen molar-refractivity contribution in [2.45, 2.75) is 45.6 Å². The number of halogens is 1. The SMILES string of the molecule is CCCCCN(Cc1ccc(F)cc1)C(=O)NCCCC(=O)O. The van der Waals surface area contributed by atoms with E-state index in [1.807, 2.05) is 0 Å². The number of amides is 2. The summed E-state index contributed by atoms with van der Waals surface area (Å²) in [5, 5.41) is 11.3. The molecule has 6 heteroatoms. The molecule has 0 fully saturated rings. The Balaban J connectivity index is 2.54. The van der Waals surface area contributed by atoms with E-state index in [9.17, 15) is 14.0 Å². The summed E-state index contributed by atoms with van der Waals surface area (Å²) in [5.41, 5.74) is 0.864. The van der Waals surface area contributed by atoms with Gasteiger partial charge in [0.15, 0.2) is 0 Å². The highest BCUT2D eigenvalue weighted by Gasteiger charge is 2.13. The van der Waals surface area contributed by atoms with E-state index in [0.29, 0.717) is 26.1 Å². The van der Waals surface area contributed by atoms with Crippen LogP contribution in [0.1, 0.15) is 44.6 Å². The number of nitrogens with one attached hydrogen (secondary N) is 1. The van der Waals surface area contributed by atoms with Gasteiger partial charge in [-0.25, -0.2) is 9.18 Å². The molecule has 2 N–H and O–H groups in total. The largest absolute Gasteiger partial charge is 0.481 e. The number of benzene rings is 1. The van der Waals surface area contributed by atoms with E-state index in [1.165, 1.54) is 12.1 Å². The zero-order valence-electron chi connectivity index (χ0n) is 13.6. The molecule has 0 atom stereocenters. The topological polar surface area (TPSA) is 69.6 Å². The number of unbranched alkanes of at least 4 members (excludes halogenated alkanes) is 2. The van der Waals surface area contributed by atoms with Crippen molar-refractivity contribution in [1.82, 2.24) is 10.2 Å². The molecule has 1 aromatic carbocycles. The highest BCUT2D eigenvalue weighted by Crippen LogP contribution is 2.09. The zero-order chi connectivity index (χ0) is 17.1. The molecule has 0 unspecified atom stereocenters. The number of aliphatic carboxylic acids is 1. The molecule has 0 heterocycles. The first-order valence-electron chi connectivity index (χ1n) is 8.02. The minimum atomic E-state index is -0.870. The minimum absolute atomic E-state index is 0.0358. The number of carbonyl (C=O) groups excluding carboxylic acids is 1. The van der Waals surface area contributed by atoms with Crippen LogP contribution in [0.15, 0.2) is 24.3 Å². The molecule has 1 rings (SSSR count). The third kappa shape index (κ3) is 8.18. The fraction of sp³-hybridized carbons (Fsp3) is 0.529. The van der Waals surface area contributed by atoms with Gasteiger partial charge in [0.25, 0.3) is 0 Å². The lowest BCUT2D eigenvalue weighted by Crippen LogP contribution is -2.40. The summed E-state index contributed by atoms with van der Waals surface area (Å²) in [5.74, 6) is -1.17. The van der Waals surface area contributed by atoms with E-state index in [4.69, 9.17) is 5.11 Å². The maximum absolute atomic E-state index is 13.0. The molecule has 0 aromatic heterocycles. The Kier molecular flexibility index (Phi) is 8.72. The lowest BCUT2D eigenvalue weighted by molar-refractivity contribution is -0.137. The second kappa shape index (κ2) is 10.6. The fourth-order valence-corrected chi connectivity index (χ4v) is 2.16. The van der Waals surface area contributed by atoms with Crippen LogP contribution in [-0.2, 0) is 11.3 Å². The summed E-state index contributed by atoms with van der Waals surface area (Å²) in [4.78, 5) is 24.4. The van der Waals surface area contributed by atoms with Crippen LogP contribution in [0.25, 0.3) is 0 Å². The quantitative estimate of drug-likeness (QED) is 0.648. The zero-order valence-corrected chi connectivity index (χ0v) is 13.6. The highest BCUT2D eigenvalue weighted by atomic mass is 19.1. The number of carboxylic acid groups (broad SMARTS) is 1. The van der Waals surface area contributed by atoms with E-state index in [1.54, 1.807) is 17.0 Å². The Morgan fingerprint density at radius 3 is 2.48 bits per heavy atom. The molecule has 0 spiro atoms. The van der Waals surface area contributed by atoms with Gasteiger partial charge in [-0.05, 0) is 30.5 Å². The average molecular weight is 324 g/mol. The van der Waals surface area contributed by atoms with Gasteiger partial charge in [0.1, 0.15) is 5.82 Å². The monoisotopic (exact) mass is 324 g/mol. The van der Waals surface area contributed by atoms with Gasteiger partial charge < -0.3 is 15.3 Å². The molecule has 1 aromatic rings. The second-order valence-corrected chi connectivity index (χ2v) is 5.48. The van der Waals surface area contributed by atoms with Crippen molar-refractivity contribution in [1.29, 1.82) is 0 Å². The predicted molar refractivity (Wildman–Crippen MR) is 86.6 cm³/mol. The van der Waals surface area contributed by atoms with E-state index < -0.39 is 5.97 Å². The molecule has 23 heavy (non-hydrogen) atoms. The number of hydrogen-bond donors (Lipinski definition) is 2. The number of urea groups is 1. The van der Waals surface area contributed by atoms with Gasteiger partial charge in [-0.3, -0.25) is 4.79 Å². The maximum Gasteiger partial charge on any atom is 0.317 e. The number of carboxylic acids is 1. The smallest absolute Gasteiger partial charge is 0.317 e. The Morgan fingerprint density at radius 1 is 1.17 bits per heavy atom. The van der Waals surface area contributed by atoms with Crippen LogP contribution in [0.3, 0.4) is 0 Å². The molecular weight excluding hydrogens is 299 g/mol. The number of hydrogen-bond acceptors (Lipinski definition) is 2. The number of rotatable bonds is 10. The normalized spacial score (nSPS) is 10.3. The van der Waals surface area contributed by atoms with Crippen molar-refractivity contribution in [2.75, 3.05) is 13.1 Å². The van der Waals surface area contributed by atoms with Gasteiger partial charge in [0.2, 0.25) is 0 Å². The van der Waals surface area contributed by atoms with Crippen molar-refractivity contribution < 1.29 is 19.1 Å². The van der Waals surface area contributed by atoms with Crippen LogP contribution < -0.4 is 5.32 Å². The molecule has 128 valence electrons. The minimum Gasteiger partial charge on any atom is -0.481 e. The van der Waals surface area contributed by atoms with Crippen LogP contribution >= 0.6 is 0 Å². The summed E-state index contributed by atoms with van der Waals surface area (Å²) in [7, 11) is 0. The van der Waals surface area contributed by atoms with E-state index in [0.717, 1.165) is 24.8 Å². The molecule has 2 amide bonds. The molecule has 0 aliphatic carbocycles. The molecule has 5 nitrogen and oxygen atoms in total. The Labute approximate surface area is 136 Å². The molecule has 0 radical (unpaired) electrons. The van der Waals surface area contributed by atoms with E-state index in [2.05, 4.69) is 12.2 Å². The van der Waals surface area contributed by atoms with E-state index >= 15 is 0 Å². The van der Waals surface area contributed by atoms with Gasteiger partial charge >= 0.3 is 12.0 Å². The van der Waals surface area contributed by atoms with Gasteiger partial charge in [-0.15, -0.1) is 0 Å². The first-order chi connectivity index (χ1) is 11.0. The van der Waals surface area contributed by atoms with Crippen LogP contribution in [0, 0.1) is 5.82 Å². The van der Waals surface area contributed by atoms with Gasteiger partial charge in [0.05, 0.1) is 0 Å². The average Bonchev–Trinajstić information content (AvgIpc) is 2.52. The van der Waals surface area contributed by atoms with Crippen molar-refractivity contribution in [3.8, 4) is 0 Å². The van der Waals surface area contributed by atoms with Crippen molar-refractivity contribution >= 4 is 12.0 Å². The number of carbonyl (C=O) groups is 2. The Bertz CT molecular complexity index is 491. The van der Waals surface area contributed by atoms with Crippen LogP contribution in [0.5, 0.6) is 0 Å². The molecule has 0 aliphatic rings. The molecule has 0 saturated heterocycles. The first-order valence-corrected chi connectivity index (χ1v) is 8.02. The summed E-state index contributed by atoms with van der Waals surface area (Å²) in [6.45, 7) is 3.46. The lowest BCUT2D eigenvalue weighted by atomic mass is 10.2. The highest BCUT2D eigenvalue weighted by molar-refractivity contribution is 5.74. The fourth-order valence-electron chi connectivity index (χ4n) is 2.16. The third-order valence-corrected chi connectivity index (χ3v) is 3.45. The number of nitrogens with zero attached hydrogens (tertiary/aromatic N) is 1. The predicted octanol–water partition coefficient (Wildman–Crippen LogP) is 3.39. The molecule has 0 bridgehead atoms. The summed E-state index contributed by atoms with van der Waals surface area (Å²) < 4.78 is 13.0. The van der Waals surface area contributed by atoms with Crippen LogP contribution in [-0.4, -0.2) is 35.1 Å². The third-order valence-electron chi connectivity index (χ3n) is 3.45. The summed E-state index contributed by atoms with van der Waals surface area (Å²) in [6, 6.07) is 5.88. The molecular formula is C17H25FN2O3.